The lowest BCUT2D eigenvalue weighted by molar-refractivity contribution is -0.139. The fourth-order valence-corrected chi connectivity index (χ4v) is 1.19. The van der Waals surface area contributed by atoms with Crippen molar-refractivity contribution < 1.29 is 9.90 Å². The molecule has 0 spiro atoms. The van der Waals surface area contributed by atoms with Gasteiger partial charge in [0.05, 0.1) is 0 Å². The van der Waals surface area contributed by atoms with Crippen molar-refractivity contribution in [1.29, 1.82) is 0 Å². The molecule has 0 saturated carbocycles. The maximum atomic E-state index is 10.8. The lowest BCUT2D eigenvalue weighted by Gasteiger charge is -2.12. The highest BCUT2D eigenvalue weighted by molar-refractivity contribution is 5.75. The van der Waals surface area contributed by atoms with E-state index in [1.165, 1.54) is 0 Å². The standard InChI is InChI=1S/C9H12N2O2/c1-6-3-4-11-5-7(6)8(10-2)9(12)13/h3-5,8,10H,1-2H3,(H,12,13). The predicted molar refractivity (Wildman–Crippen MR) is 48.4 cm³/mol. The molecule has 2 N–H and O–H groups in total. The molecule has 0 amide bonds. The third-order valence-electron chi connectivity index (χ3n) is 1.93. The van der Waals surface area contributed by atoms with Crippen LogP contribution in [-0.2, 0) is 4.79 Å². The Morgan fingerprint density at radius 1 is 1.69 bits per heavy atom. The van der Waals surface area contributed by atoms with Crippen LogP contribution in [0.2, 0.25) is 0 Å². The van der Waals surface area contributed by atoms with Gasteiger partial charge in [0, 0.05) is 18.0 Å². The van der Waals surface area contributed by atoms with Crippen molar-refractivity contribution in [3.63, 3.8) is 0 Å². The quantitative estimate of drug-likeness (QED) is 0.720. The van der Waals surface area contributed by atoms with Gasteiger partial charge in [-0.2, -0.15) is 0 Å². The van der Waals surface area contributed by atoms with Crippen molar-refractivity contribution in [3.8, 4) is 0 Å². The third kappa shape index (κ3) is 2.03. The van der Waals surface area contributed by atoms with E-state index in [1.807, 2.05) is 6.92 Å². The number of aryl methyl sites for hydroxylation is 1. The lowest BCUT2D eigenvalue weighted by atomic mass is 10.0. The van der Waals surface area contributed by atoms with Gasteiger partial charge in [-0.15, -0.1) is 0 Å². The maximum absolute atomic E-state index is 10.8. The summed E-state index contributed by atoms with van der Waals surface area (Å²) in [6, 6.07) is 1.12. The minimum Gasteiger partial charge on any atom is -0.480 e. The number of carboxylic acids is 1. The van der Waals surface area contributed by atoms with Crippen LogP contribution in [0.5, 0.6) is 0 Å². The Bertz CT molecular complexity index is 312. The highest BCUT2D eigenvalue weighted by atomic mass is 16.4. The van der Waals surface area contributed by atoms with E-state index in [0.717, 1.165) is 5.56 Å². The van der Waals surface area contributed by atoms with E-state index in [0.29, 0.717) is 5.56 Å². The number of aliphatic carboxylic acids is 1. The van der Waals surface area contributed by atoms with E-state index >= 15 is 0 Å². The summed E-state index contributed by atoms with van der Waals surface area (Å²) in [6.45, 7) is 1.87. The molecule has 4 heteroatoms. The van der Waals surface area contributed by atoms with Crippen LogP contribution >= 0.6 is 0 Å². The fourth-order valence-electron chi connectivity index (χ4n) is 1.19. The monoisotopic (exact) mass is 180 g/mol. The third-order valence-corrected chi connectivity index (χ3v) is 1.93. The van der Waals surface area contributed by atoms with Crippen LogP contribution in [0.1, 0.15) is 17.2 Å². The van der Waals surface area contributed by atoms with E-state index in [9.17, 15) is 4.79 Å². The second kappa shape index (κ2) is 4.00. The first-order chi connectivity index (χ1) is 6.16. The SMILES string of the molecule is CNC(C(=O)O)c1cnccc1C. The molecule has 0 saturated heterocycles. The molecular formula is C9H12N2O2. The molecule has 0 fully saturated rings. The Morgan fingerprint density at radius 2 is 2.38 bits per heavy atom. The number of hydrogen-bond donors (Lipinski definition) is 2. The first kappa shape index (κ1) is 9.67. The summed E-state index contributed by atoms with van der Waals surface area (Å²) in [4.78, 5) is 14.7. The highest BCUT2D eigenvalue weighted by Crippen LogP contribution is 2.15. The molecule has 70 valence electrons. The average Bonchev–Trinajstić information content (AvgIpc) is 2.09. The van der Waals surface area contributed by atoms with Crippen molar-refractivity contribution in [1.82, 2.24) is 10.3 Å². The molecule has 0 aliphatic heterocycles. The topological polar surface area (TPSA) is 62.2 Å². The number of likely N-dealkylation sites (N-methyl/N-ethyl adjacent to an activating group) is 1. The van der Waals surface area contributed by atoms with Gasteiger partial charge in [-0.05, 0) is 25.6 Å². The molecule has 1 atom stereocenters. The molecule has 0 aliphatic rings. The van der Waals surface area contributed by atoms with Gasteiger partial charge < -0.3 is 10.4 Å². The summed E-state index contributed by atoms with van der Waals surface area (Å²) in [6.07, 6.45) is 3.22. The zero-order valence-corrected chi connectivity index (χ0v) is 7.61. The Hall–Kier alpha value is -1.42. The number of nitrogens with zero attached hydrogens (tertiary/aromatic N) is 1. The number of carbonyl (C=O) groups is 1. The zero-order chi connectivity index (χ0) is 9.84. The van der Waals surface area contributed by atoms with E-state index in [1.54, 1.807) is 25.5 Å². The van der Waals surface area contributed by atoms with E-state index in [-0.39, 0.29) is 0 Å². The van der Waals surface area contributed by atoms with Crippen LogP contribution in [-0.4, -0.2) is 23.1 Å². The molecule has 0 radical (unpaired) electrons. The van der Waals surface area contributed by atoms with Crippen LogP contribution in [0, 0.1) is 6.92 Å². The van der Waals surface area contributed by atoms with Gasteiger partial charge in [0.2, 0.25) is 0 Å². The second-order valence-electron chi connectivity index (χ2n) is 2.79. The number of pyridine rings is 1. The van der Waals surface area contributed by atoms with Crippen molar-refractivity contribution in [3.05, 3.63) is 29.6 Å². The molecule has 1 heterocycles. The van der Waals surface area contributed by atoms with Crippen molar-refractivity contribution in [2.24, 2.45) is 0 Å². The summed E-state index contributed by atoms with van der Waals surface area (Å²) >= 11 is 0. The summed E-state index contributed by atoms with van der Waals surface area (Å²) in [5, 5.41) is 11.6. The largest absolute Gasteiger partial charge is 0.480 e. The summed E-state index contributed by atoms with van der Waals surface area (Å²) in [5.41, 5.74) is 1.63. The smallest absolute Gasteiger partial charge is 0.325 e. The van der Waals surface area contributed by atoms with Crippen molar-refractivity contribution in [2.75, 3.05) is 7.05 Å². The average molecular weight is 180 g/mol. The Kier molecular flexibility index (Phi) is 2.97. The molecule has 1 aromatic rings. The summed E-state index contributed by atoms with van der Waals surface area (Å²) in [7, 11) is 1.62. The van der Waals surface area contributed by atoms with Crippen LogP contribution in [0.3, 0.4) is 0 Å². The number of nitrogens with one attached hydrogen (secondary N) is 1. The van der Waals surface area contributed by atoms with Gasteiger partial charge in [-0.25, -0.2) is 0 Å². The fraction of sp³-hybridized carbons (Fsp3) is 0.333. The molecule has 4 nitrogen and oxygen atoms in total. The summed E-state index contributed by atoms with van der Waals surface area (Å²) in [5.74, 6) is -0.890. The Labute approximate surface area is 76.6 Å². The second-order valence-corrected chi connectivity index (χ2v) is 2.79. The number of aromatic nitrogens is 1. The van der Waals surface area contributed by atoms with Gasteiger partial charge in [0.1, 0.15) is 6.04 Å². The zero-order valence-electron chi connectivity index (χ0n) is 7.61. The van der Waals surface area contributed by atoms with Crippen molar-refractivity contribution in [2.45, 2.75) is 13.0 Å². The number of hydrogen-bond acceptors (Lipinski definition) is 3. The molecule has 0 aliphatic carbocycles. The summed E-state index contributed by atoms with van der Waals surface area (Å²) < 4.78 is 0. The predicted octanol–water partition coefficient (Wildman–Crippen LogP) is 0.735. The lowest BCUT2D eigenvalue weighted by Crippen LogP contribution is -2.25. The Balaban J connectivity index is 3.04. The van der Waals surface area contributed by atoms with Gasteiger partial charge in [-0.1, -0.05) is 0 Å². The molecule has 13 heavy (non-hydrogen) atoms. The number of rotatable bonds is 3. The molecular weight excluding hydrogens is 168 g/mol. The normalized spacial score (nSPS) is 12.5. The first-order valence-electron chi connectivity index (χ1n) is 3.97. The molecule has 0 bridgehead atoms. The minimum absolute atomic E-state index is 0.673. The van der Waals surface area contributed by atoms with Gasteiger partial charge in [0.25, 0.3) is 0 Å². The van der Waals surface area contributed by atoms with Crippen LogP contribution in [0.4, 0.5) is 0 Å². The molecule has 0 aromatic carbocycles. The Morgan fingerprint density at radius 3 is 2.85 bits per heavy atom. The molecule has 1 unspecified atom stereocenters. The molecule has 1 aromatic heterocycles. The maximum Gasteiger partial charge on any atom is 0.325 e. The number of carboxylic acid groups (broad SMARTS) is 1. The van der Waals surface area contributed by atoms with E-state index in [2.05, 4.69) is 10.3 Å². The van der Waals surface area contributed by atoms with Crippen LogP contribution < -0.4 is 5.32 Å². The van der Waals surface area contributed by atoms with Crippen LogP contribution in [0.15, 0.2) is 18.5 Å². The van der Waals surface area contributed by atoms with E-state index < -0.39 is 12.0 Å². The van der Waals surface area contributed by atoms with E-state index in [4.69, 9.17) is 5.11 Å². The highest BCUT2D eigenvalue weighted by Gasteiger charge is 2.18. The minimum atomic E-state index is -0.890. The van der Waals surface area contributed by atoms with Gasteiger partial charge in [-0.3, -0.25) is 9.78 Å². The van der Waals surface area contributed by atoms with Gasteiger partial charge in [0.15, 0.2) is 0 Å². The first-order valence-corrected chi connectivity index (χ1v) is 3.97. The van der Waals surface area contributed by atoms with Crippen LogP contribution in [0.25, 0.3) is 0 Å². The van der Waals surface area contributed by atoms with Gasteiger partial charge >= 0.3 is 5.97 Å². The molecule has 1 rings (SSSR count). The van der Waals surface area contributed by atoms with Crippen molar-refractivity contribution >= 4 is 5.97 Å².